The van der Waals surface area contributed by atoms with Gasteiger partial charge in [-0.3, -0.25) is 9.59 Å². The van der Waals surface area contributed by atoms with Crippen molar-refractivity contribution in [2.75, 3.05) is 11.1 Å². The third-order valence-corrected chi connectivity index (χ3v) is 7.40. The molecule has 0 aliphatic carbocycles. The van der Waals surface area contributed by atoms with Crippen molar-refractivity contribution in [1.29, 1.82) is 0 Å². The van der Waals surface area contributed by atoms with Gasteiger partial charge < -0.3 is 10.1 Å². The van der Waals surface area contributed by atoms with Gasteiger partial charge in [0.2, 0.25) is 0 Å². The minimum absolute atomic E-state index is 0.160. The minimum Gasteiger partial charge on any atom is -0.406 e. The number of thioether (sulfide) groups is 1. The third kappa shape index (κ3) is 7.35. The number of hydrogen-bond donors (Lipinski definition) is 1. The zero-order valence-corrected chi connectivity index (χ0v) is 24.7. The number of hydrazone groups is 1. The summed E-state index contributed by atoms with van der Waals surface area (Å²) >= 11 is 1.34. The predicted octanol–water partition coefficient (Wildman–Crippen LogP) is 7.05. The number of carbonyl (C=O) groups excluding carboxylic acids is 2. The van der Waals surface area contributed by atoms with E-state index in [1.54, 1.807) is 48.3 Å². The average Bonchev–Trinajstić information content (AvgIpc) is 3.54. The lowest BCUT2D eigenvalue weighted by Gasteiger charge is -2.12. The normalized spacial score (nSPS) is 14.7. The maximum atomic E-state index is 12.8. The van der Waals surface area contributed by atoms with Gasteiger partial charge in [-0.15, -0.1) is 13.2 Å². The zero-order chi connectivity index (χ0) is 31.4. The molecule has 1 aliphatic rings. The van der Waals surface area contributed by atoms with Crippen LogP contribution in [0.5, 0.6) is 5.75 Å². The summed E-state index contributed by atoms with van der Waals surface area (Å²) in [5, 5.41) is 13.3. The molecule has 0 atom stereocenters. The van der Waals surface area contributed by atoms with Gasteiger partial charge >= 0.3 is 6.36 Å². The number of ether oxygens (including phenoxy) is 1. The van der Waals surface area contributed by atoms with Crippen molar-refractivity contribution in [2.24, 2.45) is 10.1 Å². The molecule has 1 N–H and O–H groups in total. The number of benzene rings is 3. The average molecular weight is 621 g/mol. The first-order chi connectivity index (χ1) is 21.0. The Bertz CT molecular complexity index is 1730. The Morgan fingerprint density at radius 1 is 1.07 bits per heavy atom. The molecule has 1 saturated heterocycles. The Morgan fingerprint density at radius 2 is 1.77 bits per heavy atom. The van der Waals surface area contributed by atoms with E-state index in [0.29, 0.717) is 27.8 Å². The molecule has 226 valence electrons. The third-order valence-electron chi connectivity index (χ3n) is 6.49. The largest absolute Gasteiger partial charge is 0.573 e. The van der Waals surface area contributed by atoms with Crippen molar-refractivity contribution < 1.29 is 27.5 Å². The monoisotopic (exact) mass is 620 g/mol. The highest BCUT2D eigenvalue weighted by Gasteiger charge is 2.31. The standard InChI is InChI=1S/C31H27F3N6O3S/c1-19(2)25-6-4-5-7-27(25)37-30-40(28(41)18-44-30)35-16-21-8-12-23(13-9-21)39-17-26(20(3)38-39)29(42)36-22-10-14-24(15-11-22)43-31(32,33)34/h4-17,19H,18H2,1-3H3,(H,36,42)/b35-16+,37-30-. The smallest absolute Gasteiger partial charge is 0.406 e. The molecule has 1 aliphatic heterocycles. The molecule has 0 spiro atoms. The lowest BCUT2D eigenvalue weighted by Crippen LogP contribution is -2.23. The summed E-state index contributed by atoms with van der Waals surface area (Å²) in [6, 6.07) is 19.9. The molecule has 0 bridgehead atoms. The number of para-hydroxylation sites is 1. The van der Waals surface area contributed by atoms with Crippen LogP contribution in [0.15, 0.2) is 89.1 Å². The van der Waals surface area contributed by atoms with Gasteiger partial charge in [0.05, 0.1) is 34.6 Å². The van der Waals surface area contributed by atoms with Crippen LogP contribution in [0.2, 0.25) is 0 Å². The van der Waals surface area contributed by atoms with Crippen molar-refractivity contribution in [3.05, 3.63) is 101 Å². The van der Waals surface area contributed by atoms with E-state index < -0.39 is 12.3 Å². The van der Waals surface area contributed by atoms with Crippen LogP contribution in [0, 0.1) is 6.92 Å². The molecule has 3 aromatic carbocycles. The molecule has 4 aromatic rings. The molecule has 1 fully saturated rings. The number of amidine groups is 1. The highest BCUT2D eigenvalue weighted by Crippen LogP contribution is 2.30. The number of nitrogens with zero attached hydrogens (tertiary/aromatic N) is 5. The summed E-state index contributed by atoms with van der Waals surface area (Å²) in [7, 11) is 0. The van der Waals surface area contributed by atoms with Gasteiger partial charge in [0.25, 0.3) is 11.8 Å². The topological polar surface area (TPSA) is 101 Å². The lowest BCUT2D eigenvalue weighted by molar-refractivity contribution is -0.274. The summed E-state index contributed by atoms with van der Waals surface area (Å²) in [5.74, 6) is -0.485. The number of aryl methyl sites for hydroxylation is 1. The highest BCUT2D eigenvalue weighted by molar-refractivity contribution is 8.15. The second-order valence-corrected chi connectivity index (χ2v) is 11.0. The number of hydrogen-bond acceptors (Lipinski definition) is 7. The van der Waals surface area contributed by atoms with E-state index in [1.165, 1.54) is 28.9 Å². The molecule has 2 amide bonds. The first-order valence-electron chi connectivity index (χ1n) is 13.5. The summed E-state index contributed by atoms with van der Waals surface area (Å²) in [4.78, 5) is 30.1. The molecule has 0 unspecified atom stereocenters. The maximum absolute atomic E-state index is 12.8. The van der Waals surface area contributed by atoms with Crippen molar-refractivity contribution >= 4 is 46.3 Å². The molecule has 5 rings (SSSR count). The fraction of sp³-hybridized carbons (Fsp3) is 0.194. The minimum atomic E-state index is -4.80. The summed E-state index contributed by atoms with van der Waals surface area (Å²) in [6.07, 6.45) is -1.66. The number of halogens is 3. The highest BCUT2D eigenvalue weighted by atomic mass is 32.2. The number of carbonyl (C=O) groups is 2. The number of nitrogens with one attached hydrogen (secondary N) is 1. The first kappa shape index (κ1) is 30.5. The fourth-order valence-electron chi connectivity index (χ4n) is 4.32. The van der Waals surface area contributed by atoms with Gasteiger partial charge in [-0.25, -0.2) is 9.67 Å². The fourth-order valence-corrected chi connectivity index (χ4v) is 5.13. The van der Waals surface area contributed by atoms with E-state index in [2.05, 4.69) is 34.1 Å². The van der Waals surface area contributed by atoms with Gasteiger partial charge in [-0.05, 0) is 66.4 Å². The van der Waals surface area contributed by atoms with Crippen LogP contribution in [0.4, 0.5) is 24.5 Å². The molecule has 44 heavy (non-hydrogen) atoms. The summed E-state index contributed by atoms with van der Waals surface area (Å²) in [6.45, 7) is 5.86. The van der Waals surface area contributed by atoms with Crippen LogP contribution < -0.4 is 10.1 Å². The Hall–Kier alpha value is -4.91. The first-order valence-corrected chi connectivity index (χ1v) is 14.5. The number of alkyl halides is 3. The molecule has 9 nitrogen and oxygen atoms in total. The van der Waals surface area contributed by atoms with Crippen LogP contribution in [0.3, 0.4) is 0 Å². The van der Waals surface area contributed by atoms with Crippen LogP contribution in [0.25, 0.3) is 5.69 Å². The van der Waals surface area contributed by atoms with Crippen LogP contribution in [-0.2, 0) is 4.79 Å². The SMILES string of the molecule is Cc1nn(-c2ccc(/C=N/N3C(=O)CS/C3=N\c3ccccc3C(C)C)cc2)cc1C(=O)Nc1ccc(OC(F)(F)F)cc1. The van der Waals surface area contributed by atoms with Crippen LogP contribution in [-0.4, -0.2) is 50.1 Å². The van der Waals surface area contributed by atoms with E-state index in [-0.39, 0.29) is 23.3 Å². The molecule has 1 aromatic heterocycles. The number of aliphatic imine (C=N–C) groups is 1. The quantitative estimate of drug-likeness (QED) is 0.213. The summed E-state index contributed by atoms with van der Waals surface area (Å²) < 4.78 is 42.5. The van der Waals surface area contributed by atoms with Gasteiger partial charge in [-0.2, -0.15) is 15.2 Å². The van der Waals surface area contributed by atoms with Crippen LogP contribution in [0.1, 0.15) is 46.9 Å². The molecular weight excluding hydrogens is 593 g/mol. The molecular formula is C31H27F3N6O3S. The van der Waals surface area contributed by atoms with Crippen molar-refractivity contribution in [1.82, 2.24) is 14.8 Å². The van der Waals surface area contributed by atoms with Gasteiger partial charge in [-0.1, -0.05) is 55.9 Å². The zero-order valence-electron chi connectivity index (χ0n) is 23.9. The molecule has 0 saturated carbocycles. The predicted molar refractivity (Wildman–Crippen MR) is 164 cm³/mol. The number of aromatic nitrogens is 2. The molecule has 0 radical (unpaired) electrons. The Balaban J connectivity index is 1.26. The van der Waals surface area contributed by atoms with E-state index in [9.17, 15) is 22.8 Å². The van der Waals surface area contributed by atoms with Crippen LogP contribution >= 0.6 is 11.8 Å². The van der Waals surface area contributed by atoms with Crippen molar-refractivity contribution in [3.8, 4) is 11.4 Å². The van der Waals surface area contributed by atoms with Crippen molar-refractivity contribution in [2.45, 2.75) is 33.1 Å². The van der Waals surface area contributed by atoms with E-state index in [1.807, 2.05) is 24.3 Å². The second kappa shape index (κ2) is 12.8. The Labute approximate surface area is 255 Å². The van der Waals surface area contributed by atoms with E-state index in [0.717, 1.165) is 28.9 Å². The van der Waals surface area contributed by atoms with Crippen molar-refractivity contribution in [3.63, 3.8) is 0 Å². The number of rotatable bonds is 8. The van der Waals surface area contributed by atoms with E-state index >= 15 is 0 Å². The number of anilines is 1. The lowest BCUT2D eigenvalue weighted by atomic mass is 10.0. The summed E-state index contributed by atoms with van der Waals surface area (Å²) in [5.41, 5.74) is 4.36. The number of amides is 2. The van der Waals surface area contributed by atoms with Gasteiger partial charge in [0.15, 0.2) is 5.17 Å². The molecule has 13 heteroatoms. The Morgan fingerprint density at radius 3 is 2.45 bits per heavy atom. The Kier molecular flexibility index (Phi) is 8.86. The van der Waals surface area contributed by atoms with E-state index in [4.69, 9.17) is 4.99 Å². The second-order valence-electron chi connectivity index (χ2n) is 10.0. The van der Waals surface area contributed by atoms with Gasteiger partial charge in [0.1, 0.15) is 5.75 Å². The maximum Gasteiger partial charge on any atom is 0.573 e. The van der Waals surface area contributed by atoms with Gasteiger partial charge in [0, 0.05) is 11.9 Å². The molecule has 2 heterocycles.